The van der Waals surface area contributed by atoms with Gasteiger partial charge in [0.25, 0.3) is 0 Å². The molecule has 0 saturated carbocycles. The van der Waals surface area contributed by atoms with E-state index in [-0.39, 0.29) is 6.42 Å². The minimum atomic E-state index is -4.67. The van der Waals surface area contributed by atoms with Crippen LogP contribution in [-0.4, -0.2) is 24.0 Å². The molecular weight excluding hydrogens is 201 g/mol. The molecule has 0 aromatic carbocycles. The van der Waals surface area contributed by atoms with Crippen molar-refractivity contribution in [1.29, 1.82) is 0 Å². The van der Waals surface area contributed by atoms with Gasteiger partial charge >= 0.3 is 12.3 Å². The first-order valence-corrected chi connectivity index (χ1v) is 4.30. The van der Waals surface area contributed by atoms with Crippen molar-refractivity contribution in [2.75, 3.05) is 6.61 Å². The van der Waals surface area contributed by atoms with Crippen molar-refractivity contribution >= 4 is 5.97 Å². The van der Waals surface area contributed by atoms with Crippen LogP contribution in [0.3, 0.4) is 0 Å². The number of halogens is 3. The summed E-state index contributed by atoms with van der Waals surface area (Å²) in [5, 5.41) is 8.60. The van der Waals surface area contributed by atoms with Crippen LogP contribution in [0.15, 0.2) is 0 Å². The molecule has 0 rings (SSSR count). The van der Waals surface area contributed by atoms with Gasteiger partial charge < -0.3 is 5.11 Å². The van der Waals surface area contributed by atoms with Crippen LogP contribution < -0.4 is 0 Å². The van der Waals surface area contributed by atoms with Crippen molar-refractivity contribution < 1.29 is 27.8 Å². The predicted molar refractivity (Wildman–Crippen MR) is 42.7 cm³/mol. The van der Waals surface area contributed by atoms with Crippen molar-refractivity contribution in [1.82, 2.24) is 0 Å². The second kappa shape index (κ2) is 5.85. The van der Waals surface area contributed by atoms with Crippen LogP contribution in [0.4, 0.5) is 13.2 Å². The van der Waals surface area contributed by atoms with Gasteiger partial charge in [0.2, 0.25) is 0 Å². The van der Waals surface area contributed by atoms with Crippen molar-refractivity contribution in [2.45, 2.75) is 32.5 Å². The summed E-state index contributed by atoms with van der Waals surface area (Å²) in [6.45, 7) is 1.18. The zero-order valence-corrected chi connectivity index (χ0v) is 7.80. The van der Waals surface area contributed by atoms with Crippen molar-refractivity contribution in [3.8, 4) is 0 Å². The van der Waals surface area contributed by atoms with E-state index in [0.717, 1.165) is 0 Å². The van der Waals surface area contributed by atoms with Gasteiger partial charge in [0, 0.05) is 0 Å². The minimum Gasteiger partial charge on any atom is -0.481 e. The summed E-state index contributed by atoms with van der Waals surface area (Å²) in [6.07, 6.45) is -3.78. The van der Waals surface area contributed by atoms with Crippen molar-refractivity contribution in [3.63, 3.8) is 0 Å². The van der Waals surface area contributed by atoms with Gasteiger partial charge in [0.15, 0.2) is 0 Å². The van der Waals surface area contributed by atoms with E-state index in [2.05, 4.69) is 4.74 Å². The van der Waals surface area contributed by atoms with Crippen molar-refractivity contribution in [2.24, 2.45) is 5.92 Å². The van der Waals surface area contributed by atoms with Gasteiger partial charge in [0.1, 0.15) is 0 Å². The summed E-state index contributed by atoms with van der Waals surface area (Å²) in [4.78, 5) is 10.5. The Bertz CT molecular complexity index is 179. The standard InChI is InChI=1S/C8H13F3O3/c1-2-3-6(7(12)13)4-5-14-8(9,10)11/h6H,2-5H2,1H3,(H,12,13). The van der Waals surface area contributed by atoms with Gasteiger partial charge in [-0.1, -0.05) is 13.3 Å². The first-order chi connectivity index (χ1) is 6.37. The third-order valence-corrected chi connectivity index (χ3v) is 1.72. The first kappa shape index (κ1) is 13.2. The number of rotatable bonds is 6. The lowest BCUT2D eigenvalue weighted by atomic mass is 10.0. The van der Waals surface area contributed by atoms with E-state index in [0.29, 0.717) is 12.8 Å². The maximum Gasteiger partial charge on any atom is 0.522 e. The first-order valence-electron chi connectivity index (χ1n) is 4.30. The molecule has 0 heterocycles. The summed E-state index contributed by atoms with van der Waals surface area (Å²) >= 11 is 0. The molecule has 1 N–H and O–H groups in total. The molecule has 0 radical (unpaired) electrons. The number of carboxylic acid groups (broad SMARTS) is 1. The second-order valence-corrected chi connectivity index (χ2v) is 2.91. The number of ether oxygens (including phenoxy) is 1. The maximum atomic E-state index is 11.5. The normalized spacial score (nSPS) is 14.0. The number of hydrogen-bond donors (Lipinski definition) is 1. The third kappa shape index (κ3) is 6.71. The summed E-state index contributed by atoms with van der Waals surface area (Å²) in [5.41, 5.74) is 0. The molecule has 0 aromatic heterocycles. The van der Waals surface area contributed by atoms with Gasteiger partial charge in [-0.3, -0.25) is 9.53 Å². The number of hydrogen-bond acceptors (Lipinski definition) is 2. The Morgan fingerprint density at radius 1 is 1.43 bits per heavy atom. The summed E-state index contributed by atoms with van der Waals surface area (Å²) in [7, 11) is 0. The van der Waals surface area contributed by atoms with Gasteiger partial charge in [-0.05, 0) is 12.8 Å². The van der Waals surface area contributed by atoms with E-state index < -0.39 is 24.9 Å². The van der Waals surface area contributed by atoms with Crippen LogP contribution in [0.1, 0.15) is 26.2 Å². The molecule has 0 bridgehead atoms. The molecule has 3 nitrogen and oxygen atoms in total. The highest BCUT2D eigenvalue weighted by Gasteiger charge is 2.29. The molecule has 0 aliphatic carbocycles. The highest BCUT2D eigenvalue weighted by atomic mass is 19.4. The Morgan fingerprint density at radius 2 is 2.00 bits per heavy atom. The highest BCUT2D eigenvalue weighted by molar-refractivity contribution is 5.69. The van der Waals surface area contributed by atoms with Crippen molar-refractivity contribution in [3.05, 3.63) is 0 Å². The molecule has 1 unspecified atom stereocenters. The Labute approximate surface area is 79.9 Å². The lowest BCUT2D eigenvalue weighted by molar-refractivity contribution is -0.325. The molecule has 0 fully saturated rings. The Balaban J connectivity index is 3.77. The molecule has 0 amide bonds. The Morgan fingerprint density at radius 3 is 2.36 bits per heavy atom. The maximum absolute atomic E-state index is 11.5. The monoisotopic (exact) mass is 214 g/mol. The largest absolute Gasteiger partial charge is 0.522 e. The number of carboxylic acids is 1. The zero-order valence-electron chi connectivity index (χ0n) is 7.80. The smallest absolute Gasteiger partial charge is 0.481 e. The van der Waals surface area contributed by atoms with Crippen LogP contribution in [0.2, 0.25) is 0 Å². The topological polar surface area (TPSA) is 46.5 Å². The molecule has 0 aliphatic heterocycles. The number of aliphatic carboxylic acids is 1. The summed E-state index contributed by atoms with van der Waals surface area (Å²) < 4.78 is 38.1. The minimum absolute atomic E-state index is 0.108. The van der Waals surface area contributed by atoms with Crippen LogP contribution in [-0.2, 0) is 9.53 Å². The van der Waals surface area contributed by atoms with Gasteiger partial charge in [-0.15, -0.1) is 13.2 Å². The summed E-state index contributed by atoms with van der Waals surface area (Å²) in [5.74, 6) is -1.82. The SMILES string of the molecule is CCCC(CCOC(F)(F)F)C(=O)O. The zero-order chi connectivity index (χ0) is 11.2. The molecule has 1 atom stereocenters. The summed E-state index contributed by atoms with van der Waals surface area (Å²) in [6, 6.07) is 0. The van der Waals surface area contributed by atoms with E-state index in [4.69, 9.17) is 5.11 Å². The molecule has 0 aliphatic rings. The number of alkyl halides is 3. The van der Waals surface area contributed by atoms with Gasteiger partial charge in [0.05, 0.1) is 12.5 Å². The van der Waals surface area contributed by atoms with Gasteiger partial charge in [-0.25, -0.2) is 0 Å². The predicted octanol–water partition coefficient (Wildman–Crippen LogP) is 2.41. The molecular formula is C8H13F3O3. The van der Waals surface area contributed by atoms with E-state index in [1.54, 1.807) is 6.92 Å². The molecule has 84 valence electrons. The molecule has 14 heavy (non-hydrogen) atoms. The van der Waals surface area contributed by atoms with Gasteiger partial charge in [-0.2, -0.15) is 0 Å². The molecule has 6 heteroatoms. The number of carbonyl (C=O) groups is 1. The average molecular weight is 214 g/mol. The second-order valence-electron chi connectivity index (χ2n) is 2.91. The molecule has 0 aromatic rings. The lowest BCUT2D eigenvalue weighted by Crippen LogP contribution is -2.20. The molecule has 0 spiro atoms. The van der Waals surface area contributed by atoms with Crippen LogP contribution >= 0.6 is 0 Å². The lowest BCUT2D eigenvalue weighted by Gasteiger charge is -2.12. The van der Waals surface area contributed by atoms with E-state index in [1.807, 2.05) is 0 Å². The third-order valence-electron chi connectivity index (χ3n) is 1.72. The van der Waals surface area contributed by atoms with E-state index in [9.17, 15) is 18.0 Å². The highest BCUT2D eigenvalue weighted by Crippen LogP contribution is 2.19. The van der Waals surface area contributed by atoms with Crippen LogP contribution in [0.25, 0.3) is 0 Å². The fourth-order valence-corrected chi connectivity index (χ4v) is 1.06. The fourth-order valence-electron chi connectivity index (χ4n) is 1.06. The average Bonchev–Trinajstić information content (AvgIpc) is 2.00. The Hall–Kier alpha value is -0.780. The Kier molecular flexibility index (Phi) is 5.52. The van der Waals surface area contributed by atoms with Crippen LogP contribution in [0.5, 0.6) is 0 Å². The fraction of sp³-hybridized carbons (Fsp3) is 0.875. The van der Waals surface area contributed by atoms with E-state index in [1.165, 1.54) is 0 Å². The van der Waals surface area contributed by atoms with E-state index >= 15 is 0 Å². The quantitative estimate of drug-likeness (QED) is 0.738. The molecule has 0 saturated heterocycles. The van der Waals surface area contributed by atoms with Crippen LogP contribution in [0, 0.1) is 5.92 Å².